The quantitative estimate of drug-likeness (QED) is 0.213. The summed E-state index contributed by atoms with van der Waals surface area (Å²) in [6.07, 6.45) is 8.71. The number of carboxylic acids is 1. The Hall–Kier alpha value is -1.87. The van der Waals surface area contributed by atoms with E-state index in [9.17, 15) is 9.90 Å². The Labute approximate surface area is 238 Å². The summed E-state index contributed by atoms with van der Waals surface area (Å²) in [6.45, 7) is 9.20. The van der Waals surface area contributed by atoms with Crippen molar-refractivity contribution >= 4 is 45.9 Å². The van der Waals surface area contributed by atoms with Gasteiger partial charge in [-0.05, 0) is 72.1 Å². The van der Waals surface area contributed by atoms with Crippen LogP contribution in [0.2, 0.25) is 0 Å². The van der Waals surface area contributed by atoms with Gasteiger partial charge < -0.3 is 15.2 Å². The summed E-state index contributed by atoms with van der Waals surface area (Å²) in [5.41, 5.74) is 1.74. The lowest BCUT2D eigenvalue weighted by atomic mass is 9.92. The van der Waals surface area contributed by atoms with Gasteiger partial charge in [-0.3, -0.25) is 9.88 Å². The molecular weight excluding hydrogens is 599 g/mol. The summed E-state index contributed by atoms with van der Waals surface area (Å²) >= 11 is 3.62. The molecule has 1 saturated heterocycles. The Morgan fingerprint density at radius 2 is 2.08 bits per heavy atom. The van der Waals surface area contributed by atoms with Gasteiger partial charge >= 0.3 is 5.97 Å². The Morgan fingerprint density at radius 1 is 1.32 bits per heavy atom. The van der Waals surface area contributed by atoms with Gasteiger partial charge in [0.05, 0.1) is 22.9 Å². The molecule has 1 aliphatic heterocycles. The van der Waals surface area contributed by atoms with E-state index in [0.29, 0.717) is 16.6 Å². The van der Waals surface area contributed by atoms with Gasteiger partial charge in [0.15, 0.2) is 0 Å². The van der Waals surface area contributed by atoms with Crippen molar-refractivity contribution in [3.63, 3.8) is 0 Å². The summed E-state index contributed by atoms with van der Waals surface area (Å²) in [7, 11) is 2.14. The zero-order valence-corrected chi connectivity index (χ0v) is 25.1. The highest BCUT2D eigenvalue weighted by molar-refractivity contribution is 14.1. The third-order valence-corrected chi connectivity index (χ3v) is 8.66. The third-order valence-electron chi connectivity index (χ3n) is 6.83. The van der Waals surface area contributed by atoms with Gasteiger partial charge in [0, 0.05) is 71.8 Å². The maximum atomic E-state index is 11.8. The molecule has 0 spiro atoms. The minimum Gasteiger partial charge on any atom is -0.488 e. The summed E-state index contributed by atoms with van der Waals surface area (Å²) < 4.78 is 8.74. The average Bonchev–Trinajstić information content (AvgIpc) is 3.47. The number of halogens is 1. The maximum Gasteiger partial charge on any atom is 0.348 e. The predicted octanol–water partition coefficient (Wildman–Crippen LogP) is 5.90. The summed E-state index contributed by atoms with van der Waals surface area (Å²) in [5.74, 6) is 6.32. The number of hydrogen-bond donors (Lipinski definition) is 2. The molecular formula is C28H37IN4O3S. The molecule has 200 valence electrons. The molecule has 2 aliphatic rings. The molecule has 0 radical (unpaired) electrons. The standard InChI is InChI=1S/C28H37IN4O3S/c1-28(2,3)12-9-23-15-24(26(37-23)27(34)35)31-20-5-7-22(8-6-20)36-25-16-30-13-10-19(25)17-33-14-11-21(18-33)32(4)29/h10,13,15-16,20-22,31H,5-8,11,14,17-18H2,1-4H3,(H,34,35). The number of nitrogens with one attached hydrogen (secondary N) is 1. The number of hydrogen-bond acceptors (Lipinski definition) is 7. The molecule has 0 bridgehead atoms. The molecule has 0 amide bonds. The monoisotopic (exact) mass is 636 g/mol. The number of carboxylic acid groups (broad SMARTS) is 1. The van der Waals surface area contributed by atoms with Crippen molar-refractivity contribution in [3.8, 4) is 17.6 Å². The third kappa shape index (κ3) is 8.06. The van der Waals surface area contributed by atoms with E-state index in [4.69, 9.17) is 4.74 Å². The van der Waals surface area contributed by atoms with Gasteiger partial charge in [-0.15, -0.1) is 11.3 Å². The topological polar surface area (TPSA) is 77.9 Å². The zero-order valence-electron chi connectivity index (χ0n) is 22.1. The van der Waals surface area contributed by atoms with Crippen molar-refractivity contribution in [2.75, 3.05) is 25.5 Å². The van der Waals surface area contributed by atoms with Crippen molar-refractivity contribution in [1.29, 1.82) is 0 Å². The Kier molecular flexibility index (Phi) is 9.38. The molecule has 37 heavy (non-hydrogen) atoms. The van der Waals surface area contributed by atoms with E-state index in [2.05, 4.69) is 66.1 Å². The number of anilines is 1. The normalized spacial score (nSPS) is 22.5. The van der Waals surface area contributed by atoms with Crippen LogP contribution in [0, 0.1) is 17.3 Å². The van der Waals surface area contributed by atoms with E-state index >= 15 is 0 Å². The van der Waals surface area contributed by atoms with Gasteiger partial charge in [0.1, 0.15) is 10.6 Å². The fourth-order valence-corrected chi connectivity index (χ4v) is 6.09. The molecule has 1 saturated carbocycles. The van der Waals surface area contributed by atoms with Crippen molar-refractivity contribution in [1.82, 2.24) is 13.0 Å². The Morgan fingerprint density at radius 3 is 2.73 bits per heavy atom. The second kappa shape index (κ2) is 12.3. The number of aromatic nitrogens is 1. The lowest BCUT2D eigenvalue weighted by Crippen LogP contribution is -2.32. The Balaban J connectivity index is 1.33. The number of rotatable bonds is 8. The van der Waals surface area contributed by atoms with Crippen LogP contribution in [-0.2, 0) is 6.54 Å². The number of likely N-dealkylation sites (tertiary alicyclic amines) is 1. The molecule has 0 aromatic carbocycles. The SMILES string of the molecule is CN(I)C1CCN(Cc2ccncc2OC2CCC(Nc3cc(C#CC(C)(C)C)sc3C(=O)O)CC2)C1. The van der Waals surface area contributed by atoms with Crippen molar-refractivity contribution in [2.24, 2.45) is 5.41 Å². The number of aromatic carboxylic acids is 1. The fraction of sp³-hybridized carbons (Fsp3) is 0.571. The van der Waals surface area contributed by atoms with Crippen LogP contribution in [0.4, 0.5) is 5.69 Å². The second-order valence-electron chi connectivity index (χ2n) is 11.1. The first kappa shape index (κ1) is 28.1. The lowest BCUT2D eigenvalue weighted by Gasteiger charge is -2.30. The van der Waals surface area contributed by atoms with E-state index < -0.39 is 5.97 Å². The number of likely N-dealkylation sites (N-methyl/N-ethyl adjacent to an activating group) is 1. The van der Waals surface area contributed by atoms with Gasteiger partial charge in [0.25, 0.3) is 0 Å². The van der Waals surface area contributed by atoms with E-state index in [0.717, 1.165) is 55.9 Å². The van der Waals surface area contributed by atoms with Crippen LogP contribution in [0.5, 0.6) is 5.75 Å². The molecule has 1 atom stereocenters. The molecule has 2 fully saturated rings. The summed E-state index contributed by atoms with van der Waals surface area (Å²) in [4.78, 5) is 19.8. The number of carbonyl (C=O) groups is 1. The highest BCUT2D eigenvalue weighted by Crippen LogP contribution is 2.32. The van der Waals surface area contributed by atoms with Crippen LogP contribution in [-0.4, -0.2) is 62.4 Å². The average molecular weight is 637 g/mol. The van der Waals surface area contributed by atoms with Crippen LogP contribution >= 0.6 is 34.2 Å². The van der Waals surface area contributed by atoms with Crippen LogP contribution in [0.3, 0.4) is 0 Å². The molecule has 2 N–H and O–H groups in total. The summed E-state index contributed by atoms with van der Waals surface area (Å²) in [6, 6.07) is 4.78. The number of pyridine rings is 1. The molecule has 2 aromatic rings. The van der Waals surface area contributed by atoms with Crippen LogP contribution in [0.15, 0.2) is 24.5 Å². The number of ether oxygens (including phenoxy) is 1. The van der Waals surface area contributed by atoms with Crippen LogP contribution in [0.1, 0.15) is 73.0 Å². The van der Waals surface area contributed by atoms with E-state index in [-0.39, 0.29) is 17.6 Å². The minimum atomic E-state index is -0.910. The highest BCUT2D eigenvalue weighted by Gasteiger charge is 2.27. The lowest BCUT2D eigenvalue weighted by molar-refractivity contribution is 0.0703. The van der Waals surface area contributed by atoms with Crippen LogP contribution < -0.4 is 10.1 Å². The van der Waals surface area contributed by atoms with E-state index in [1.165, 1.54) is 23.3 Å². The largest absolute Gasteiger partial charge is 0.488 e. The van der Waals surface area contributed by atoms with Crippen molar-refractivity contribution in [2.45, 2.75) is 77.6 Å². The first-order valence-electron chi connectivity index (χ1n) is 12.9. The number of thiophene rings is 1. The van der Waals surface area contributed by atoms with Gasteiger partial charge in [-0.25, -0.2) is 7.91 Å². The van der Waals surface area contributed by atoms with Gasteiger partial charge in [0.2, 0.25) is 0 Å². The molecule has 3 heterocycles. The van der Waals surface area contributed by atoms with Gasteiger partial charge in [-0.1, -0.05) is 11.8 Å². The molecule has 2 aromatic heterocycles. The predicted molar refractivity (Wildman–Crippen MR) is 158 cm³/mol. The van der Waals surface area contributed by atoms with Crippen molar-refractivity contribution in [3.05, 3.63) is 39.8 Å². The Bertz CT molecular complexity index is 1140. The van der Waals surface area contributed by atoms with Gasteiger partial charge in [-0.2, -0.15) is 0 Å². The minimum absolute atomic E-state index is 0.129. The zero-order chi connectivity index (χ0) is 26.6. The molecule has 4 rings (SSSR count). The van der Waals surface area contributed by atoms with E-state index in [1.807, 2.05) is 39.2 Å². The van der Waals surface area contributed by atoms with E-state index in [1.54, 1.807) is 0 Å². The first-order valence-corrected chi connectivity index (χ1v) is 14.7. The maximum absolute atomic E-state index is 11.8. The molecule has 1 aliphatic carbocycles. The fourth-order valence-electron chi connectivity index (χ4n) is 4.82. The highest BCUT2D eigenvalue weighted by atomic mass is 127. The molecule has 1 unspecified atom stereocenters. The second-order valence-corrected chi connectivity index (χ2v) is 13.7. The molecule has 7 nitrogen and oxygen atoms in total. The first-order chi connectivity index (χ1) is 17.6. The van der Waals surface area contributed by atoms with Crippen LogP contribution in [0.25, 0.3) is 0 Å². The van der Waals surface area contributed by atoms with Crippen molar-refractivity contribution < 1.29 is 14.6 Å². The summed E-state index contributed by atoms with van der Waals surface area (Å²) in [5, 5.41) is 13.2. The molecule has 9 heteroatoms. The number of nitrogens with zero attached hydrogens (tertiary/aromatic N) is 3. The smallest absolute Gasteiger partial charge is 0.348 e.